The number of anilines is 3. The van der Waals surface area contributed by atoms with Crippen molar-refractivity contribution in [2.45, 2.75) is 19.8 Å². The molecule has 7 nitrogen and oxygen atoms in total. The van der Waals surface area contributed by atoms with Crippen LogP contribution in [-0.4, -0.2) is 60.2 Å². The normalized spacial score (nSPS) is 17.1. The van der Waals surface area contributed by atoms with Gasteiger partial charge in [-0.3, -0.25) is 0 Å². The number of halogens is 1. The van der Waals surface area contributed by atoms with Crippen LogP contribution in [0.1, 0.15) is 18.4 Å². The summed E-state index contributed by atoms with van der Waals surface area (Å²) in [5.41, 5.74) is 1.71. The molecule has 4 rings (SSSR count). The number of amides is 2. The second-order valence-electron chi connectivity index (χ2n) is 7.32. The quantitative estimate of drug-likeness (QED) is 0.855. The fraction of sp³-hybridized carbons (Fsp3) is 0.450. The van der Waals surface area contributed by atoms with Crippen LogP contribution in [0.5, 0.6) is 0 Å². The summed E-state index contributed by atoms with van der Waals surface area (Å²) >= 11 is 6.22. The van der Waals surface area contributed by atoms with E-state index in [2.05, 4.69) is 31.2 Å². The van der Waals surface area contributed by atoms with Gasteiger partial charge in [0.25, 0.3) is 0 Å². The second kappa shape index (κ2) is 8.22. The van der Waals surface area contributed by atoms with Crippen LogP contribution in [0.4, 0.5) is 22.1 Å². The second-order valence-corrected chi connectivity index (χ2v) is 7.72. The van der Waals surface area contributed by atoms with Gasteiger partial charge in [-0.1, -0.05) is 17.7 Å². The third-order valence-electron chi connectivity index (χ3n) is 5.33. The first-order valence-corrected chi connectivity index (χ1v) is 10.1. The Hall–Kier alpha value is -2.54. The zero-order valence-electron chi connectivity index (χ0n) is 16.1. The lowest BCUT2D eigenvalue weighted by molar-refractivity contribution is 0.208. The fourth-order valence-electron chi connectivity index (χ4n) is 3.68. The summed E-state index contributed by atoms with van der Waals surface area (Å²) in [7, 11) is 0. The van der Waals surface area contributed by atoms with E-state index in [0.29, 0.717) is 23.8 Å². The number of carbonyl (C=O) groups is 1. The van der Waals surface area contributed by atoms with Crippen LogP contribution in [0, 0.1) is 6.92 Å². The number of carbonyl (C=O) groups excluding carboxylic acids is 1. The van der Waals surface area contributed by atoms with Crippen molar-refractivity contribution in [2.75, 3.05) is 54.4 Å². The largest absolute Gasteiger partial charge is 0.356 e. The van der Waals surface area contributed by atoms with Gasteiger partial charge in [-0.25, -0.2) is 14.8 Å². The van der Waals surface area contributed by atoms with Crippen molar-refractivity contribution < 1.29 is 4.79 Å². The summed E-state index contributed by atoms with van der Waals surface area (Å²) in [4.78, 5) is 27.8. The van der Waals surface area contributed by atoms with Crippen LogP contribution < -0.4 is 15.1 Å². The molecule has 2 amide bonds. The van der Waals surface area contributed by atoms with E-state index in [4.69, 9.17) is 11.6 Å². The molecule has 0 aliphatic carbocycles. The third kappa shape index (κ3) is 4.14. The molecule has 2 aromatic rings. The minimum absolute atomic E-state index is 0.120. The van der Waals surface area contributed by atoms with Gasteiger partial charge >= 0.3 is 6.03 Å². The number of piperazine rings is 1. The molecule has 1 aromatic heterocycles. The predicted octanol–water partition coefficient (Wildman–Crippen LogP) is 3.39. The number of nitrogens with one attached hydrogen (secondary N) is 1. The molecule has 2 aliphatic heterocycles. The Balaban J connectivity index is 1.35. The predicted molar refractivity (Wildman–Crippen MR) is 112 cm³/mol. The van der Waals surface area contributed by atoms with Crippen LogP contribution >= 0.6 is 11.6 Å². The molecule has 1 aromatic carbocycles. The summed E-state index contributed by atoms with van der Waals surface area (Å²) in [5, 5.41) is 3.47. The van der Waals surface area contributed by atoms with E-state index in [0.717, 1.165) is 43.4 Å². The maximum Gasteiger partial charge on any atom is 0.322 e. The standard InChI is InChI=1S/C20H25ClN6O/c1-15-4-5-17(16(21)12-15)24-20(28)27-10-8-26(9-11-27)19-13-18(22-14-23-19)25-6-2-3-7-25/h4-5,12-14H,2-3,6-11H2,1H3,(H,24,28). The van der Waals surface area contributed by atoms with Gasteiger partial charge in [0, 0.05) is 45.3 Å². The highest BCUT2D eigenvalue weighted by molar-refractivity contribution is 6.33. The minimum atomic E-state index is -0.120. The van der Waals surface area contributed by atoms with Gasteiger partial charge in [0.05, 0.1) is 10.7 Å². The van der Waals surface area contributed by atoms with Crippen LogP contribution in [0.25, 0.3) is 0 Å². The van der Waals surface area contributed by atoms with Gasteiger partial charge in [0.2, 0.25) is 0 Å². The highest BCUT2D eigenvalue weighted by atomic mass is 35.5. The number of rotatable bonds is 3. The SMILES string of the molecule is Cc1ccc(NC(=O)N2CCN(c3cc(N4CCCC4)ncn3)CC2)c(Cl)c1. The summed E-state index contributed by atoms with van der Waals surface area (Å²) in [5.74, 6) is 1.93. The van der Waals surface area contributed by atoms with Crippen LogP contribution in [-0.2, 0) is 0 Å². The first-order valence-electron chi connectivity index (χ1n) is 9.74. The Labute approximate surface area is 170 Å². The van der Waals surface area contributed by atoms with Crippen molar-refractivity contribution in [1.82, 2.24) is 14.9 Å². The van der Waals surface area contributed by atoms with Crippen LogP contribution in [0.3, 0.4) is 0 Å². The molecule has 0 radical (unpaired) electrons. The highest BCUT2D eigenvalue weighted by Crippen LogP contribution is 2.24. The Morgan fingerprint density at radius 3 is 2.25 bits per heavy atom. The molecule has 2 aliphatic rings. The summed E-state index contributed by atoms with van der Waals surface area (Å²) < 4.78 is 0. The summed E-state index contributed by atoms with van der Waals surface area (Å²) in [6.45, 7) is 6.85. The maximum absolute atomic E-state index is 12.6. The number of hydrogen-bond donors (Lipinski definition) is 1. The van der Waals surface area contributed by atoms with E-state index in [-0.39, 0.29) is 6.03 Å². The molecule has 0 saturated carbocycles. The smallest absolute Gasteiger partial charge is 0.322 e. The van der Waals surface area contributed by atoms with Gasteiger partial charge in [0.15, 0.2) is 0 Å². The lowest BCUT2D eigenvalue weighted by Gasteiger charge is -2.35. The molecular weight excluding hydrogens is 376 g/mol. The lowest BCUT2D eigenvalue weighted by atomic mass is 10.2. The molecule has 1 N–H and O–H groups in total. The van der Waals surface area contributed by atoms with Crippen molar-refractivity contribution >= 4 is 35.0 Å². The molecule has 2 fully saturated rings. The van der Waals surface area contributed by atoms with E-state index in [1.807, 2.05) is 30.0 Å². The monoisotopic (exact) mass is 400 g/mol. The van der Waals surface area contributed by atoms with Crippen molar-refractivity contribution in [3.05, 3.63) is 41.2 Å². The van der Waals surface area contributed by atoms with Crippen molar-refractivity contribution in [2.24, 2.45) is 0 Å². The molecule has 148 valence electrons. The number of nitrogens with zero attached hydrogens (tertiary/aromatic N) is 5. The van der Waals surface area contributed by atoms with Crippen molar-refractivity contribution in [3.63, 3.8) is 0 Å². The zero-order valence-corrected chi connectivity index (χ0v) is 16.8. The molecule has 2 saturated heterocycles. The Bertz CT molecular complexity index is 846. The lowest BCUT2D eigenvalue weighted by Crippen LogP contribution is -2.50. The third-order valence-corrected chi connectivity index (χ3v) is 5.64. The van der Waals surface area contributed by atoms with Gasteiger partial charge < -0.3 is 20.0 Å². The fourth-order valence-corrected chi connectivity index (χ4v) is 3.97. The molecule has 0 bridgehead atoms. The molecule has 0 atom stereocenters. The Morgan fingerprint density at radius 1 is 0.964 bits per heavy atom. The number of hydrogen-bond acceptors (Lipinski definition) is 5. The van der Waals surface area contributed by atoms with Crippen LogP contribution in [0.2, 0.25) is 5.02 Å². The Kier molecular flexibility index (Phi) is 5.52. The van der Waals surface area contributed by atoms with E-state index in [9.17, 15) is 4.79 Å². The van der Waals surface area contributed by atoms with E-state index < -0.39 is 0 Å². The molecular formula is C20H25ClN6O. The average molecular weight is 401 g/mol. The first kappa shape index (κ1) is 18.8. The topological polar surface area (TPSA) is 64.6 Å². The Morgan fingerprint density at radius 2 is 1.61 bits per heavy atom. The van der Waals surface area contributed by atoms with E-state index >= 15 is 0 Å². The molecule has 0 spiro atoms. The summed E-state index contributed by atoms with van der Waals surface area (Å²) in [6, 6.07) is 7.57. The van der Waals surface area contributed by atoms with Crippen LogP contribution in [0.15, 0.2) is 30.6 Å². The molecule has 28 heavy (non-hydrogen) atoms. The van der Waals surface area contributed by atoms with Gasteiger partial charge in [-0.2, -0.15) is 0 Å². The molecule has 8 heteroatoms. The van der Waals surface area contributed by atoms with Gasteiger partial charge in [-0.15, -0.1) is 0 Å². The minimum Gasteiger partial charge on any atom is -0.356 e. The number of aromatic nitrogens is 2. The van der Waals surface area contributed by atoms with E-state index in [1.165, 1.54) is 12.8 Å². The maximum atomic E-state index is 12.6. The summed E-state index contributed by atoms with van der Waals surface area (Å²) in [6.07, 6.45) is 4.08. The van der Waals surface area contributed by atoms with Crippen molar-refractivity contribution in [3.8, 4) is 0 Å². The number of urea groups is 1. The zero-order chi connectivity index (χ0) is 19.5. The molecule has 0 unspecified atom stereocenters. The number of aryl methyl sites for hydroxylation is 1. The molecule has 3 heterocycles. The first-order chi connectivity index (χ1) is 13.6. The van der Waals surface area contributed by atoms with Gasteiger partial charge in [0.1, 0.15) is 18.0 Å². The average Bonchev–Trinajstić information content (AvgIpc) is 3.25. The van der Waals surface area contributed by atoms with Gasteiger partial charge in [-0.05, 0) is 37.5 Å². The van der Waals surface area contributed by atoms with E-state index in [1.54, 1.807) is 6.33 Å². The highest BCUT2D eigenvalue weighted by Gasteiger charge is 2.23. The number of benzene rings is 1. The van der Waals surface area contributed by atoms with Crippen molar-refractivity contribution in [1.29, 1.82) is 0 Å².